The van der Waals surface area contributed by atoms with E-state index in [1.165, 1.54) is 6.07 Å². The van der Waals surface area contributed by atoms with Crippen molar-refractivity contribution < 1.29 is 4.39 Å². The zero-order valence-electron chi connectivity index (χ0n) is 8.14. The molecule has 1 nitrogen and oxygen atoms in total. The quantitative estimate of drug-likeness (QED) is 0.732. The molecule has 1 aromatic rings. The third-order valence-corrected chi connectivity index (χ3v) is 2.71. The minimum atomic E-state index is -0.769. The Morgan fingerprint density at radius 2 is 2.21 bits per heavy atom. The Balaban J connectivity index is 3.26. The maximum Gasteiger partial charge on any atom is 0.129 e. The first-order valence-electron chi connectivity index (χ1n) is 4.40. The number of hydrogen-bond donors (Lipinski definition) is 0. The van der Waals surface area contributed by atoms with E-state index in [0.717, 1.165) is 0 Å². The lowest BCUT2D eigenvalue weighted by Gasteiger charge is -2.20. The van der Waals surface area contributed by atoms with E-state index in [0.29, 0.717) is 17.0 Å². The van der Waals surface area contributed by atoms with Gasteiger partial charge in [0.25, 0.3) is 0 Å². The van der Waals surface area contributed by atoms with Gasteiger partial charge in [-0.15, -0.1) is 0 Å². The van der Waals surface area contributed by atoms with Crippen LogP contribution in [0.15, 0.2) is 18.2 Å². The molecule has 74 valence electrons. The summed E-state index contributed by atoms with van der Waals surface area (Å²) >= 11 is 5.63. The van der Waals surface area contributed by atoms with Gasteiger partial charge in [-0.25, -0.2) is 4.39 Å². The summed E-state index contributed by atoms with van der Waals surface area (Å²) in [5.74, 6) is -0.414. The van der Waals surface area contributed by atoms with Crippen LogP contribution in [0.25, 0.3) is 0 Å². The highest BCUT2D eigenvalue weighted by molar-refractivity contribution is 6.30. The molecular formula is C11H11ClFN. The van der Waals surface area contributed by atoms with E-state index in [9.17, 15) is 4.39 Å². The van der Waals surface area contributed by atoms with E-state index in [-0.39, 0.29) is 0 Å². The largest absolute Gasteiger partial charge is 0.207 e. The number of nitrogens with zero attached hydrogens (tertiary/aromatic N) is 1. The van der Waals surface area contributed by atoms with Gasteiger partial charge < -0.3 is 0 Å². The molecule has 1 unspecified atom stereocenters. The van der Waals surface area contributed by atoms with Gasteiger partial charge in [0.05, 0.1) is 11.5 Å². The molecule has 1 aromatic carbocycles. The average molecular weight is 212 g/mol. The van der Waals surface area contributed by atoms with Gasteiger partial charge in [0, 0.05) is 10.6 Å². The molecular weight excluding hydrogens is 201 g/mol. The summed E-state index contributed by atoms with van der Waals surface area (Å²) in [6.45, 7) is 3.58. The Morgan fingerprint density at radius 3 is 2.64 bits per heavy atom. The van der Waals surface area contributed by atoms with E-state index in [4.69, 9.17) is 16.9 Å². The Morgan fingerprint density at radius 1 is 1.57 bits per heavy atom. The van der Waals surface area contributed by atoms with Crippen LogP contribution in [0.2, 0.25) is 5.02 Å². The molecule has 14 heavy (non-hydrogen) atoms. The SMILES string of the molecule is CCC(C)(C#N)c1ccc(Cl)cc1F. The molecule has 0 N–H and O–H groups in total. The average Bonchev–Trinajstić information content (AvgIpc) is 2.17. The van der Waals surface area contributed by atoms with E-state index < -0.39 is 11.2 Å². The first-order chi connectivity index (χ1) is 6.53. The Labute approximate surface area is 88.1 Å². The third kappa shape index (κ3) is 1.88. The second kappa shape index (κ2) is 3.98. The summed E-state index contributed by atoms with van der Waals surface area (Å²) in [5.41, 5.74) is -0.360. The van der Waals surface area contributed by atoms with Crippen molar-refractivity contribution in [2.45, 2.75) is 25.7 Å². The fraction of sp³-hybridized carbons (Fsp3) is 0.364. The monoisotopic (exact) mass is 211 g/mol. The Hall–Kier alpha value is -1.07. The fourth-order valence-electron chi connectivity index (χ4n) is 1.27. The molecule has 0 amide bonds. The summed E-state index contributed by atoms with van der Waals surface area (Å²) in [6, 6.07) is 6.54. The number of halogens is 2. The van der Waals surface area contributed by atoms with Crippen LogP contribution in [0.3, 0.4) is 0 Å². The summed E-state index contributed by atoms with van der Waals surface area (Å²) in [7, 11) is 0. The number of hydrogen-bond acceptors (Lipinski definition) is 1. The molecule has 1 rings (SSSR count). The van der Waals surface area contributed by atoms with Crippen LogP contribution < -0.4 is 0 Å². The van der Waals surface area contributed by atoms with Gasteiger partial charge in [-0.1, -0.05) is 24.6 Å². The molecule has 0 spiro atoms. The van der Waals surface area contributed by atoms with Gasteiger partial charge in [0.15, 0.2) is 0 Å². The lowest BCUT2D eigenvalue weighted by molar-refractivity contribution is 0.525. The maximum absolute atomic E-state index is 13.5. The Kier molecular flexibility index (Phi) is 3.13. The zero-order valence-corrected chi connectivity index (χ0v) is 8.90. The summed E-state index contributed by atoms with van der Waals surface area (Å²) in [6.07, 6.45) is 0.571. The van der Waals surface area contributed by atoms with Crippen molar-refractivity contribution in [1.29, 1.82) is 5.26 Å². The Bertz CT molecular complexity index is 383. The van der Waals surface area contributed by atoms with Gasteiger partial charge in [0.2, 0.25) is 0 Å². The summed E-state index contributed by atoms with van der Waals surface area (Å²) in [5, 5.41) is 9.33. The van der Waals surface area contributed by atoms with Crippen LogP contribution in [0, 0.1) is 17.1 Å². The van der Waals surface area contributed by atoms with E-state index in [1.807, 2.05) is 6.92 Å². The molecule has 1 atom stereocenters. The van der Waals surface area contributed by atoms with Gasteiger partial charge in [-0.05, 0) is 25.5 Å². The summed E-state index contributed by atoms with van der Waals surface area (Å²) in [4.78, 5) is 0. The molecule has 0 saturated heterocycles. The van der Waals surface area contributed by atoms with Crippen molar-refractivity contribution in [3.05, 3.63) is 34.6 Å². The van der Waals surface area contributed by atoms with E-state index >= 15 is 0 Å². The normalized spacial score (nSPS) is 14.5. The highest BCUT2D eigenvalue weighted by Gasteiger charge is 2.27. The number of nitriles is 1. The second-order valence-corrected chi connectivity index (χ2v) is 3.86. The number of rotatable bonds is 2. The van der Waals surface area contributed by atoms with Crippen molar-refractivity contribution in [2.24, 2.45) is 0 Å². The predicted molar refractivity (Wildman–Crippen MR) is 54.7 cm³/mol. The standard InChI is InChI=1S/C11H11ClFN/c1-3-11(2,7-14)9-5-4-8(12)6-10(9)13/h4-6H,3H2,1-2H3. The molecule has 0 aliphatic carbocycles. The van der Waals surface area contributed by atoms with Gasteiger partial charge >= 0.3 is 0 Å². The first-order valence-corrected chi connectivity index (χ1v) is 4.78. The topological polar surface area (TPSA) is 23.8 Å². The van der Waals surface area contributed by atoms with Crippen LogP contribution in [-0.2, 0) is 5.41 Å². The van der Waals surface area contributed by atoms with Crippen molar-refractivity contribution in [3.63, 3.8) is 0 Å². The fourth-order valence-corrected chi connectivity index (χ4v) is 1.43. The lowest BCUT2D eigenvalue weighted by atomic mass is 9.81. The number of benzene rings is 1. The van der Waals surface area contributed by atoms with Crippen molar-refractivity contribution in [2.75, 3.05) is 0 Å². The van der Waals surface area contributed by atoms with Crippen LogP contribution >= 0.6 is 11.6 Å². The third-order valence-electron chi connectivity index (χ3n) is 2.48. The second-order valence-electron chi connectivity index (χ2n) is 3.42. The minimum Gasteiger partial charge on any atom is -0.207 e. The van der Waals surface area contributed by atoms with E-state index in [2.05, 4.69) is 6.07 Å². The summed E-state index contributed by atoms with van der Waals surface area (Å²) < 4.78 is 13.5. The molecule has 3 heteroatoms. The zero-order chi connectivity index (χ0) is 10.8. The first kappa shape index (κ1) is 11.0. The smallest absolute Gasteiger partial charge is 0.129 e. The minimum absolute atomic E-state index is 0.350. The van der Waals surface area contributed by atoms with Crippen LogP contribution in [0.1, 0.15) is 25.8 Å². The van der Waals surface area contributed by atoms with Crippen molar-refractivity contribution in [1.82, 2.24) is 0 Å². The van der Waals surface area contributed by atoms with Crippen LogP contribution in [-0.4, -0.2) is 0 Å². The maximum atomic E-state index is 13.5. The molecule has 0 fully saturated rings. The van der Waals surface area contributed by atoms with E-state index in [1.54, 1.807) is 19.1 Å². The van der Waals surface area contributed by atoms with Gasteiger partial charge in [-0.3, -0.25) is 0 Å². The van der Waals surface area contributed by atoms with Gasteiger partial charge in [0.1, 0.15) is 5.82 Å². The molecule has 0 radical (unpaired) electrons. The molecule has 0 saturated carbocycles. The van der Waals surface area contributed by atoms with Crippen LogP contribution in [0.5, 0.6) is 0 Å². The lowest BCUT2D eigenvalue weighted by Crippen LogP contribution is -2.19. The van der Waals surface area contributed by atoms with Crippen LogP contribution in [0.4, 0.5) is 4.39 Å². The molecule has 0 aliphatic rings. The molecule has 0 heterocycles. The van der Waals surface area contributed by atoms with Crippen molar-refractivity contribution in [3.8, 4) is 6.07 Å². The molecule has 0 aliphatic heterocycles. The van der Waals surface area contributed by atoms with Gasteiger partial charge in [-0.2, -0.15) is 5.26 Å². The molecule has 0 bridgehead atoms. The highest BCUT2D eigenvalue weighted by atomic mass is 35.5. The highest BCUT2D eigenvalue weighted by Crippen LogP contribution is 2.30. The van der Waals surface area contributed by atoms with Crippen molar-refractivity contribution >= 4 is 11.6 Å². The molecule has 0 aromatic heterocycles. The predicted octanol–water partition coefficient (Wildman–Crippen LogP) is 3.67.